The van der Waals surface area contributed by atoms with Gasteiger partial charge in [-0.05, 0) is 39.0 Å². The zero-order chi connectivity index (χ0) is 25.3. The summed E-state index contributed by atoms with van der Waals surface area (Å²) in [5.41, 5.74) is 5.79. The quantitative estimate of drug-likeness (QED) is 0.456. The van der Waals surface area contributed by atoms with Gasteiger partial charge in [-0.3, -0.25) is 0 Å². The Hall–Kier alpha value is -3.16. The average molecular weight is 515 g/mol. The summed E-state index contributed by atoms with van der Waals surface area (Å²) in [6.07, 6.45) is -2.57. The molecule has 0 bridgehead atoms. The first-order valence-electron chi connectivity index (χ1n) is 9.73. The lowest BCUT2D eigenvalue weighted by Crippen LogP contribution is -2.41. The normalized spacial score (nSPS) is 12.8. The van der Waals surface area contributed by atoms with E-state index in [9.17, 15) is 26.4 Å². The number of sulfonamides is 1. The summed E-state index contributed by atoms with van der Waals surface area (Å²) in [4.78, 5) is 15.1. The molecule has 0 saturated heterocycles. The fraction of sp³-hybridized carbons (Fsp3) is 0.238. The number of hydrogen-bond donors (Lipinski definition) is 2. The number of benzene rings is 2. The minimum atomic E-state index is -5.13. The summed E-state index contributed by atoms with van der Waals surface area (Å²) in [5.74, 6) is -4.04. The van der Waals surface area contributed by atoms with E-state index in [1.54, 1.807) is 0 Å². The molecule has 182 valence electrons. The lowest BCUT2D eigenvalue weighted by molar-refractivity contribution is 0.0608. The summed E-state index contributed by atoms with van der Waals surface area (Å²) >= 11 is 0.964. The number of hydrogen-bond acceptors (Lipinski definition) is 8. The van der Waals surface area contributed by atoms with Crippen LogP contribution in [0.4, 0.5) is 29.5 Å². The minimum absolute atomic E-state index is 0.0275. The lowest BCUT2D eigenvalue weighted by Gasteiger charge is -2.26. The van der Waals surface area contributed by atoms with E-state index in [2.05, 4.69) is 10.3 Å². The van der Waals surface area contributed by atoms with Crippen molar-refractivity contribution in [1.29, 1.82) is 0 Å². The molecule has 1 heterocycles. The molecular formula is C21H21F3N4O4S2. The maximum atomic E-state index is 15.0. The second-order valence-corrected chi connectivity index (χ2v) is 10.5. The van der Waals surface area contributed by atoms with Gasteiger partial charge in [0.25, 0.3) is 10.0 Å². The second-order valence-electron chi connectivity index (χ2n) is 8.01. The third-order valence-electron chi connectivity index (χ3n) is 4.25. The number of aromatic nitrogens is 1. The molecule has 1 amide bonds. The highest BCUT2D eigenvalue weighted by atomic mass is 32.2. The van der Waals surface area contributed by atoms with Crippen LogP contribution in [0.15, 0.2) is 52.2 Å². The van der Waals surface area contributed by atoms with Crippen LogP contribution in [-0.4, -0.2) is 25.1 Å². The van der Waals surface area contributed by atoms with Crippen molar-refractivity contribution in [3.63, 3.8) is 0 Å². The van der Waals surface area contributed by atoms with Gasteiger partial charge in [0.15, 0.2) is 10.7 Å². The molecule has 0 aliphatic heterocycles. The van der Waals surface area contributed by atoms with Crippen molar-refractivity contribution in [3.8, 4) is 0 Å². The van der Waals surface area contributed by atoms with Crippen LogP contribution in [0, 0.1) is 17.5 Å². The fourth-order valence-electron chi connectivity index (χ4n) is 2.89. The summed E-state index contributed by atoms with van der Waals surface area (Å²) < 4.78 is 75.5. The molecule has 0 spiro atoms. The molecular weight excluding hydrogens is 493 g/mol. The first-order chi connectivity index (χ1) is 15.8. The second kappa shape index (κ2) is 9.60. The molecule has 0 unspecified atom stereocenters. The topological polar surface area (TPSA) is 115 Å². The van der Waals surface area contributed by atoms with Crippen molar-refractivity contribution in [3.05, 3.63) is 70.3 Å². The SMILES string of the molecule is CC(C)(C)OC(=O)N(c1cscn1)S(=O)(=O)c1c(F)cc(N[C@@H](N)c2ccccc2F)cc1F. The molecule has 34 heavy (non-hydrogen) atoms. The molecule has 2 aromatic carbocycles. The standard InChI is InChI=1S/C21H21F3N4O4S2/c1-21(2,3)32-20(29)28(17-10-33-11-26-17)34(30,31)18-15(23)8-12(9-16(18)24)27-19(25)13-6-4-5-7-14(13)22/h4-11,19,27H,25H2,1-3H3/t19-/m1/s1. The van der Waals surface area contributed by atoms with Crippen LogP contribution in [0.1, 0.15) is 32.5 Å². The number of nitrogens with one attached hydrogen (secondary N) is 1. The average Bonchev–Trinajstić information content (AvgIpc) is 3.19. The largest absolute Gasteiger partial charge is 0.443 e. The van der Waals surface area contributed by atoms with Crippen molar-refractivity contribution in [2.45, 2.75) is 37.4 Å². The summed E-state index contributed by atoms with van der Waals surface area (Å²) in [6, 6.07) is 6.86. The Balaban J connectivity index is 2.00. The van der Waals surface area contributed by atoms with Crippen LogP contribution in [0.3, 0.4) is 0 Å². The molecule has 3 rings (SSSR count). The lowest BCUT2D eigenvalue weighted by atomic mass is 10.1. The predicted octanol–water partition coefficient (Wildman–Crippen LogP) is 4.76. The first kappa shape index (κ1) is 25.5. The van der Waals surface area contributed by atoms with Gasteiger partial charge in [0.2, 0.25) is 0 Å². The van der Waals surface area contributed by atoms with Gasteiger partial charge >= 0.3 is 6.09 Å². The van der Waals surface area contributed by atoms with E-state index < -0.39 is 50.2 Å². The van der Waals surface area contributed by atoms with Crippen LogP contribution in [0.2, 0.25) is 0 Å². The van der Waals surface area contributed by atoms with Crippen molar-refractivity contribution in [2.75, 3.05) is 9.62 Å². The molecule has 0 aliphatic rings. The zero-order valence-corrected chi connectivity index (χ0v) is 19.9. The summed E-state index contributed by atoms with van der Waals surface area (Å²) in [5, 5.41) is 3.73. The van der Waals surface area contributed by atoms with E-state index in [0.29, 0.717) is 12.1 Å². The Labute approximate surface area is 198 Å². The molecule has 3 N–H and O–H groups in total. The molecule has 0 aliphatic carbocycles. The van der Waals surface area contributed by atoms with E-state index in [1.807, 2.05) is 0 Å². The van der Waals surface area contributed by atoms with Gasteiger partial charge in [0.05, 0.1) is 5.51 Å². The van der Waals surface area contributed by atoms with Gasteiger partial charge in [0, 0.05) is 16.6 Å². The monoisotopic (exact) mass is 514 g/mol. The summed E-state index contributed by atoms with van der Waals surface area (Å²) in [7, 11) is -5.13. The van der Waals surface area contributed by atoms with Crippen LogP contribution >= 0.6 is 11.3 Å². The smallest absolute Gasteiger partial charge is 0.430 e. The summed E-state index contributed by atoms with van der Waals surface area (Å²) in [6.45, 7) is 4.49. The molecule has 1 aromatic heterocycles. The maximum absolute atomic E-state index is 15.0. The number of nitrogens with two attached hydrogens (primary N) is 1. The van der Waals surface area contributed by atoms with Gasteiger partial charge in [-0.2, -0.15) is 0 Å². The van der Waals surface area contributed by atoms with E-state index in [4.69, 9.17) is 10.5 Å². The zero-order valence-electron chi connectivity index (χ0n) is 18.3. The maximum Gasteiger partial charge on any atom is 0.430 e. The van der Waals surface area contributed by atoms with Crippen molar-refractivity contribution in [2.24, 2.45) is 5.73 Å². The highest BCUT2D eigenvalue weighted by Gasteiger charge is 2.39. The van der Waals surface area contributed by atoms with Gasteiger partial charge in [-0.15, -0.1) is 15.6 Å². The number of carbonyl (C=O) groups excluding carboxylic acids is 1. The number of halogens is 3. The minimum Gasteiger partial charge on any atom is -0.443 e. The van der Waals surface area contributed by atoms with Gasteiger partial charge < -0.3 is 15.8 Å². The molecule has 0 radical (unpaired) electrons. The molecule has 13 heteroatoms. The Morgan fingerprint density at radius 3 is 2.29 bits per heavy atom. The number of nitrogens with zero attached hydrogens (tertiary/aromatic N) is 2. The van der Waals surface area contributed by atoms with Crippen LogP contribution in [-0.2, 0) is 14.8 Å². The van der Waals surface area contributed by atoms with Gasteiger partial charge in [-0.1, -0.05) is 18.2 Å². The van der Waals surface area contributed by atoms with Gasteiger partial charge in [-0.25, -0.2) is 31.4 Å². The van der Waals surface area contributed by atoms with Crippen LogP contribution < -0.4 is 15.4 Å². The Morgan fingerprint density at radius 2 is 1.76 bits per heavy atom. The van der Waals surface area contributed by atoms with Crippen molar-refractivity contribution < 1.29 is 31.1 Å². The highest BCUT2D eigenvalue weighted by Crippen LogP contribution is 2.31. The van der Waals surface area contributed by atoms with Crippen molar-refractivity contribution in [1.82, 2.24) is 4.98 Å². The molecule has 1 atom stereocenters. The highest BCUT2D eigenvalue weighted by molar-refractivity contribution is 7.93. The Bertz CT molecular complexity index is 1270. The third-order valence-corrected chi connectivity index (χ3v) is 6.54. The molecule has 0 saturated carbocycles. The number of anilines is 2. The predicted molar refractivity (Wildman–Crippen MR) is 121 cm³/mol. The van der Waals surface area contributed by atoms with Crippen LogP contribution in [0.25, 0.3) is 0 Å². The Morgan fingerprint density at radius 1 is 1.15 bits per heavy atom. The number of rotatable bonds is 6. The van der Waals surface area contributed by atoms with E-state index in [1.165, 1.54) is 49.9 Å². The van der Waals surface area contributed by atoms with Crippen molar-refractivity contribution >= 4 is 39.0 Å². The van der Waals surface area contributed by atoms with E-state index in [0.717, 1.165) is 17.4 Å². The van der Waals surface area contributed by atoms with E-state index >= 15 is 0 Å². The van der Waals surface area contributed by atoms with Crippen LogP contribution in [0.5, 0.6) is 0 Å². The van der Waals surface area contributed by atoms with Gasteiger partial charge in [0.1, 0.15) is 29.2 Å². The number of amides is 1. The van der Waals surface area contributed by atoms with E-state index in [-0.39, 0.29) is 21.4 Å². The molecule has 8 nitrogen and oxygen atoms in total. The first-order valence-corrected chi connectivity index (χ1v) is 12.1. The number of ether oxygens (including phenoxy) is 1. The number of carbonyl (C=O) groups is 1. The molecule has 0 fully saturated rings. The fourth-order valence-corrected chi connectivity index (χ4v) is 4.85. The Kier molecular flexibility index (Phi) is 7.19. The molecule has 3 aromatic rings. The number of thiazole rings is 1. The third kappa shape index (κ3) is 5.48.